The van der Waals surface area contributed by atoms with Crippen molar-refractivity contribution in [3.8, 4) is 0 Å². The fourth-order valence-corrected chi connectivity index (χ4v) is 2.24. The molecule has 0 aliphatic heterocycles. The summed E-state index contributed by atoms with van der Waals surface area (Å²) in [6.45, 7) is 8.43. The maximum atomic E-state index is 12.0. The highest BCUT2D eigenvalue weighted by atomic mass is 16.2. The smallest absolute Gasteiger partial charge is 0.237 e. The summed E-state index contributed by atoms with van der Waals surface area (Å²) >= 11 is 0. The Bertz CT molecular complexity index is 234. The molecule has 1 amide bonds. The lowest BCUT2D eigenvalue weighted by molar-refractivity contribution is -0.123. The van der Waals surface area contributed by atoms with E-state index in [1.54, 1.807) is 0 Å². The van der Waals surface area contributed by atoms with E-state index in [0.29, 0.717) is 18.0 Å². The first-order valence-electron chi connectivity index (χ1n) is 7.07. The molecule has 1 rings (SSSR count). The van der Waals surface area contributed by atoms with Crippen molar-refractivity contribution < 1.29 is 4.79 Å². The predicted molar refractivity (Wildman–Crippen MR) is 71.9 cm³/mol. The van der Waals surface area contributed by atoms with Gasteiger partial charge in [-0.15, -0.1) is 0 Å². The van der Waals surface area contributed by atoms with Gasteiger partial charge in [0.1, 0.15) is 0 Å². The molecule has 0 aromatic carbocycles. The summed E-state index contributed by atoms with van der Waals surface area (Å²) in [4.78, 5) is 12.0. The average molecular weight is 240 g/mol. The van der Waals surface area contributed by atoms with Gasteiger partial charge in [-0.05, 0) is 32.6 Å². The zero-order chi connectivity index (χ0) is 12.8. The monoisotopic (exact) mass is 240 g/mol. The van der Waals surface area contributed by atoms with Crippen LogP contribution in [0.25, 0.3) is 0 Å². The van der Waals surface area contributed by atoms with Crippen molar-refractivity contribution in [3.63, 3.8) is 0 Å². The van der Waals surface area contributed by atoms with E-state index in [1.165, 1.54) is 19.3 Å². The van der Waals surface area contributed by atoms with Gasteiger partial charge in [0.15, 0.2) is 0 Å². The number of hydrogen-bond acceptors (Lipinski definition) is 2. The second kappa shape index (κ2) is 7.00. The standard InChI is InChI=1S/C14H28N2O/c1-10(2)11(3)15-12(4)14(17)16-13-8-6-5-7-9-13/h10-13,15H,5-9H2,1-4H3,(H,16,17). The van der Waals surface area contributed by atoms with Gasteiger partial charge < -0.3 is 10.6 Å². The van der Waals surface area contributed by atoms with Crippen LogP contribution in [0, 0.1) is 5.92 Å². The molecule has 1 aliphatic carbocycles. The molecule has 3 heteroatoms. The Kier molecular flexibility index (Phi) is 5.96. The van der Waals surface area contributed by atoms with Crippen molar-refractivity contribution in [2.45, 2.75) is 77.9 Å². The summed E-state index contributed by atoms with van der Waals surface area (Å²) < 4.78 is 0. The number of amides is 1. The van der Waals surface area contributed by atoms with Gasteiger partial charge in [-0.1, -0.05) is 33.1 Å². The number of hydrogen-bond donors (Lipinski definition) is 2. The lowest BCUT2D eigenvalue weighted by Crippen LogP contribution is -2.50. The van der Waals surface area contributed by atoms with Crippen LogP contribution in [0.2, 0.25) is 0 Å². The topological polar surface area (TPSA) is 41.1 Å². The minimum Gasteiger partial charge on any atom is -0.352 e. The molecule has 0 aromatic heterocycles. The third-order valence-electron chi connectivity index (χ3n) is 3.86. The Morgan fingerprint density at radius 2 is 1.65 bits per heavy atom. The Morgan fingerprint density at radius 1 is 1.06 bits per heavy atom. The van der Waals surface area contributed by atoms with Crippen molar-refractivity contribution >= 4 is 5.91 Å². The second-order valence-electron chi connectivity index (χ2n) is 5.76. The van der Waals surface area contributed by atoms with E-state index < -0.39 is 0 Å². The van der Waals surface area contributed by atoms with Gasteiger partial charge in [0, 0.05) is 12.1 Å². The van der Waals surface area contributed by atoms with Gasteiger partial charge in [-0.2, -0.15) is 0 Å². The Labute approximate surface area is 106 Å². The van der Waals surface area contributed by atoms with Crippen molar-refractivity contribution in [1.29, 1.82) is 0 Å². The van der Waals surface area contributed by atoms with E-state index >= 15 is 0 Å². The van der Waals surface area contributed by atoms with E-state index in [1.807, 2.05) is 6.92 Å². The average Bonchev–Trinajstić information content (AvgIpc) is 2.29. The Balaban J connectivity index is 2.30. The van der Waals surface area contributed by atoms with Gasteiger partial charge >= 0.3 is 0 Å². The van der Waals surface area contributed by atoms with Crippen molar-refractivity contribution in [2.24, 2.45) is 5.92 Å². The van der Waals surface area contributed by atoms with Gasteiger partial charge in [0.25, 0.3) is 0 Å². The lowest BCUT2D eigenvalue weighted by Gasteiger charge is -2.27. The molecule has 0 aromatic rings. The second-order valence-corrected chi connectivity index (χ2v) is 5.76. The zero-order valence-electron chi connectivity index (χ0n) is 11.8. The van der Waals surface area contributed by atoms with E-state index in [0.717, 1.165) is 12.8 Å². The highest BCUT2D eigenvalue weighted by Gasteiger charge is 2.21. The quantitative estimate of drug-likeness (QED) is 0.775. The number of carbonyl (C=O) groups excluding carboxylic acids is 1. The van der Waals surface area contributed by atoms with Crippen LogP contribution in [-0.2, 0) is 4.79 Å². The molecule has 0 bridgehead atoms. The van der Waals surface area contributed by atoms with Crippen molar-refractivity contribution in [1.82, 2.24) is 10.6 Å². The third kappa shape index (κ3) is 5.07. The van der Waals surface area contributed by atoms with Crippen LogP contribution in [0.5, 0.6) is 0 Å². The van der Waals surface area contributed by atoms with E-state index in [4.69, 9.17) is 0 Å². The van der Waals surface area contributed by atoms with E-state index in [9.17, 15) is 4.79 Å². The maximum Gasteiger partial charge on any atom is 0.237 e. The molecule has 0 heterocycles. The number of nitrogens with one attached hydrogen (secondary N) is 2. The summed E-state index contributed by atoms with van der Waals surface area (Å²) in [5.41, 5.74) is 0. The first kappa shape index (κ1) is 14.5. The molecule has 0 spiro atoms. The fraction of sp³-hybridized carbons (Fsp3) is 0.929. The summed E-state index contributed by atoms with van der Waals surface area (Å²) in [6, 6.07) is 0.700. The molecule has 2 atom stereocenters. The van der Waals surface area contributed by atoms with Crippen molar-refractivity contribution in [3.05, 3.63) is 0 Å². The largest absolute Gasteiger partial charge is 0.352 e. The summed E-state index contributed by atoms with van der Waals surface area (Å²) in [5.74, 6) is 0.712. The van der Waals surface area contributed by atoms with E-state index in [2.05, 4.69) is 31.4 Å². The Hall–Kier alpha value is -0.570. The molecule has 1 fully saturated rings. The molecular weight excluding hydrogens is 212 g/mol. The third-order valence-corrected chi connectivity index (χ3v) is 3.86. The lowest BCUT2D eigenvalue weighted by atomic mass is 9.95. The van der Waals surface area contributed by atoms with Crippen LogP contribution in [0.4, 0.5) is 0 Å². The van der Waals surface area contributed by atoms with Crippen LogP contribution in [0.1, 0.15) is 59.8 Å². The zero-order valence-corrected chi connectivity index (χ0v) is 11.8. The molecule has 1 saturated carbocycles. The van der Waals surface area contributed by atoms with Gasteiger partial charge in [-0.25, -0.2) is 0 Å². The minimum atomic E-state index is -0.0886. The van der Waals surface area contributed by atoms with Crippen LogP contribution in [0.15, 0.2) is 0 Å². The van der Waals surface area contributed by atoms with Gasteiger partial charge in [0.05, 0.1) is 6.04 Å². The molecule has 0 saturated heterocycles. The van der Waals surface area contributed by atoms with Crippen LogP contribution < -0.4 is 10.6 Å². The molecule has 2 unspecified atom stereocenters. The first-order chi connectivity index (χ1) is 8.00. The predicted octanol–water partition coefficient (Wildman–Crippen LogP) is 2.46. The highest BCUT2D eigenvalue weighted by Crippen LogP contribution is 2.17. The molecule has 100 valence electrons. The van der Waals surface area contributed by atoms with Crippen LogP contribution >= 0.6 is 0 Å². The maximum absolute atomic E-state index is 12.0. The minimum absolute atomic E-state index is 0.0886. The summed E-state index contributed by atoms with van der Waals surface area (Å²) in [6.07, 6.45) is 6.14. The normalized spacial score (nSPS) is 21.2. The van der Waals surface area contributed by atoms with Crippen molar-refractivity contribution in [2.75, 3.05) is 0 Å². The first-order valence-corrected chi connectivity index (χ1v) is 7.07. The van der Waals surface area contributed by atoms with Crippen LogP contribution in [0.3, 0.4) is 0 Å². The molecule has 17 heavy (non-hydrogen) atoms. The van der Waals surface area contributed by atoms with Gasteiger partial charge in [0.2, 0.25) is 5.91 Å². The Morgan fingerprint density at radius 3 is 2.18 bits per heavy atom. The molecule has 1 aliphatic rings. The summed E-state index contributed by atoms with van der Waals surface area (Å²) in [5, 5.41) is 6.52. The molecule has 2 N–H and O–H groups in total. The fourth-order valence-electron chi connectivity index (χ4n) is 2.24. The van der Waals surface area contributed by atoms with Gasteiger partial charge in [-0.3, -0.25) is 4.79 Å². The highest BCUT2D eigenvalue weighted by molar-refractivity contribution is 5.81. The molecular formula is C14H28N2O. The van der Waals surface area contributed by atoms with Crippen LogP contribution in [-0.4, -0.2) is 24.0 Å². The van der Waals surface area contributed by atoms with E-state index in [-0.39, 0.29) is 11.9 Å². The number of carbonyl (C=O) groups is 1. The molecule has 0 radical (unpaired) electrons. The molecule has 3 nitrogen and oxygen atoms in total. The SMILES string of the molecule is CC(NC(C)C(C)C)C(=O)NC1CCCCC1. The summed E-state index contributed by atoms with van der Waals surface area (Å²) in [7, 11) is 0. The number of rotatable bonds is 5.